The predicted molar refractivity (Wildman–Crippen MR) is 185 cm³/mol. The third kappa shape index (κ3) is 10.3. The van der Waals surface area contributed by atoms with E-state index < -0.39 is 0 Å². The van der Waals surface area contributed by atoms with Crippen LogP contribution in [0.2, 0.25) is 0 Å². The summed E-state index contributed by atoms with van der Waals surface area (Å²) in [5.41, 5.74) is 6.43. The summed E-state index contributed by atoms with van der Waals surface area (Å²) < 4.78 is 5.52. The highest BCUT2D eigenvalue weighted by Crippen LogP contribution is 2.21. The number of nitrogens with one attached hydrogen (secondary N) is 1. The van der Waals surface area contributed by atoms with Gasteiger partial charge in [-0.1, -0.05) is 31.5 Å². The number of aryl methyl sites for hydroxylation is 1. The summed E-state index contributed by atoms with van der Waals surface area (Å²) in [4.78, 5) is 43.5. The van der Waals surface area contributed by atoms with Crippen LogP contribution in [-0.4, -0.2) is 76.0 Å². The molecule has 0 aliphatic carbocycles. The normalized spacial score (nSPS) is 13.4. The van der Waals surface area contributed by atoms with Crippen molar-refractivity contribution in [3.63, 3.8) is 0 Å². The van der Waals surface area contributed by atoms with Gasteiger partial charge in [0.1, 0.15) is 5.82 Å². The first-order valence-corrected chi connectivity index (χ1v) is 16.8. The lowest BCUT2D eigenvalue weighted by molar-refractivity contribution is -0.133. The summed E-state index contributed by atoms with van der Waals surface area (Å²) >= 11 is 0. The van der Waals surface area contributed by atoms with E-state index in [1.807, 2.05) is 65.6 Å². The Balaban J connectivity index is 1.07. The largest absolute Gasteiger partial charge is 0.381 e. The van der Waals surface area contributed by atoms with E-state index in [1.54, 1.807) is 18.6 Å². The average molecular weight is 635 g/mol. The number of pyridine rings is 1. The molecule has 0 atom stereocenters. The summed E-state index contributed by atoms with van der Waals surface area (Å²) in [5.74, 6) is 0.821. The van der Waals surface area contributed by atoms with Crippen LogP contribution in [0, 0.1) is 6.92 Å². The SMILES string of the molecule is CCCOCCCCCC(=O)N1CCN(Cc2ccc(C(=O)Nc3ccc(C)c(Cc4nccc(-c5cccnc5)n4)c3)cc2)CC1. The van der Waals surface area contributed by atoms with E-state index >= 15 is 0 Å². The van der Waals surface area contributed by atoms with Crippen LogP contribution in [-0.2, 0) is 22.5 Å². The number of ether oxygens (including phenoxy) is 1. The molecule has 2 aromatic carbocycles. The molecule has 2 aromatic heterocycles. The van der Waals surface area contributed by atoms with E-state index in [1.165, 1.54) is 0 Å². The van der Waals surface area contributed by atoms with Gasteiger partial charge in [0.15, 0.2) is 0 Å². The third-order valence-corrected chi connectivity index (χ3v) is 8.49. The van der Waals surface area contributed by atoms with Gasteiger partial charge < -0.3 is 15.0 Å². The van der Waals surface area contributed by atoms with Gasteiger partial charge in [0.2, 0.25) is 5.91 Å². The molecule has 0 radical (unpaired) electrons. The minimum atomic E-state index is -0.151. The van der Waals surface area contributed by atoms with Gasteiger partial charge in [-0.25, -0.2) is 9.97 Å². The number of aromatic nitrogens is 3. The number of hydrogen-bond acceptors (Lipinski definition) is 7. The van der Waals surface area contributed by atoms with Crippen molar-refractivity contribution in [1.29, 1.82) is 0 Å². The van der Waals surface area contributed by atoms with Crippen molar-refractivity contribution in [3.8, 4) is 11.3 Å². The molecular formula is C38H46N6O3. The Morgan fingerprint density at radius 2 is 1.74 bits per heavy atom. The fourth-order valence-electron chi connectivity index (χ4n) is 5.71. The van der Waals surface area contributed by atoms with Gasteiger partial charge in [-0.3, -0.25) is 19.5 Å². The first-order valence-electron chi connectivity index (χ1n) is 16.8. The second-order valence-electron chi connectivity index (χ2n) is 12.1. The first-order chi connectivity index (χ1) is 23.0. The van der Waals surface area contributed by atoms with Gasteiger partial charge in [0.05, 0.1) is 5.69 Å². The van der Waals surface area contributed by atoms with Crippen molar-refractivity contribution in [1.82, 2.24) is 24.8 Å². The van der Waals surface area contributed by atoms with Crippen LogP contribution in [0.1, 0.15) is 71.9 Å². The highest BCUT2D eigenvalue weighted by atomic mass is 16.5. The fourth-order valence-corrected chi connectivity index (χ4v) is 5.71. The summed E-state index contributed by atoms with van der Waals surface area (Å²) in [7, 11) is 0. The second kappa shape index (κ2) is 17.4. The van der Waals surface area contributed by atoms with E-state index in [2.05, 4.69) is 34.0 Å². The van der Waals surface area contributed by atoms with Gasteiger partial charge in [-0.15, -0.1) is 0 Å². The van der Waals surface area contributed by atoms with E-state index in [0.717, 1.165) is 105 Å². The van der Waals surface area contributed by atoms with Crippen LogP contribution < -0.4 is 5.32 Å². The topological polar surface area (TPSA) is 101 Å². The van der Waals surface area contributed by atoms with E-state index in [4.69, 9.17) is 9.72 Å². The Labute approximate surface area is 278 Å². The Morgan fingerprint density at radius 1 is 0.915 bits per heavy atom. The molecule has 246 valence electrons. The molecule has 0 unspecified atom stereocenters. The van der Waals surface area contributed by atoms with E-state index in [0.29, 0.717) is 24.2 Å². The van der Waals surface area contributed by atoms with Gasteiger partial charge >= 0.3 is 0 Å². The van der Waals surface area contributed by atoms with Gasteiger partial charge in [0.25, 0.3) is 5.91 Å². The molecule has 1 aliphatic heterocycles. The standard InChI is InChI=1S/C38H46N6O3/c1-3-23-47-24-6-4-5-9-37(45)44-21-19-43(20-22-44)28-30-11-13-31(14-12-30)38(46)41-34-15-10-29(2)33(25-34)26-36-40-18-16-35(42-36)32-8-7-17-39-27-32/h7-8,10-18,25,27H,3-6,9,19-24,26,28H2,1-2H3,(H,41,46). The van der Waals surface area contributed by atoms with Gasteiger partial charge in [-0.05, 0) is 85.3 Å². The van der Waals surface area contributed by atoms with Crippen molar-refractivity contribution in [3.05, 3.63) is 107 Å². The molecule has 1 N–H and O–H groups in total. The molecule has 4 aromatic rings. The monoisotopic (exact) mass is 634 g/mol. The molecule has 0 saturated carbocycles. The second-order valence-corrected chi connectivity index (χ2v) is 12.1. The molecular weight excluding hydrogens is 588 g/mol. The average Bonchev–Trinajstić information content (AvgIpc) is 3.10. The number of amides is 2. The zero-order valence-corrected chi connectivity index (χ0v) is 27.7. The number of piperazine rings is 1. The maximum atomic E-state index is 13.1. The van der Waals surface area contributed by atoms with Crippen LogP contribution in [0.5, 0.6) is 0 Å². The van der Waals surface area contributed by atoms with E-state index in [9.17, 15) is 9.59 Å². The number of benzene rings is 2. The zero-order chi connectivity index (χ0) is 32.8. The molecule has 5 rings (SSSR count). The number of hydrogen-bond donors (Lipinski definition) is 1. The van der Waals surface area contributed by atoms with Crippen molar-refractivity contribution in [2.45, 2.75) is 58.9 Å². The fraction of sp³-hybridized carbons (Fsp3) is 0.395. The highest BCUT2D eigenvalue weighted by molar-refractivity contribution is 6.04. The number of unbranched alkanes of at least 4 members (excludes halogenated alkanes) is 2. The molecule has 3 heterocycles. The zero-order valence-electron chi connectivity index (χ0n) is 27.7. The Morgan fingerprint density at radius 3 is 2.51 bits per heavy atom. The number of anilines is 1. The van der Waals surface area contributed by atoms with Crippen LogP contribution in [0.25, 0.3) is 11.3 Å². The Hall–Kier alpha value is -4.47. The molecule has 47 heavy (non-hydrogen) atoms. The lowest BCUT2D eigenvalue weighted by atomic mass is 10.0. The quantitative estimate of drug-likeness (QED) is 0.153. The van der Waals surface area contributed by atoms with Crippen molar-refractivity contribution in [2.75, 3.05) is 44.7 Å². The molecule has 1 aliphatic rings. The lowest BCUT2D eigenvalue weighted by Gasteiger charge is -2.35. The molecule has 9 nitrogen and oxygen atoms in total. The first kappa shape index (κ1) is 33.9. The van der Waals surface area contributed by atoms with Crippen LogP contribution in [0.15, 0.2) is 79.3 Å². The van der Waals surface area contributed by atoms with Crippen LogP contribution in [0.3, 0.4) is 0 Å². The Kier molecular flexibility index (Phi) is 12.6. The van der Waals surface area contributed by atoms with Gasteiger partial charge in [0, 0.05) is 94.2 Å². The number of rotatable bonds is 15. The van der Waals surface area contributed by atoms with Crippen molar-refractivity contribution in [2.24, 2.45) is 0 Å². The van der Waals surface area contributed by atoms with Crippen molar-refractivity contribution >= 4 is 17.5 Å². The van der Waals surface area contributed by atoms with Crippen LogP contribution in [0.4, 0.5) is 5.69 Å². The number of carbonyl (C=O) groups excluding carboxylic acids is 2. The maximum Gasteiger partial charge on any atom is 0.255 e. The smallest absolute Gasteiger partial charge is 0.255 e. The number of carbonyl (C=O) groups is 2. The van der Waals surface area contributed by atoms with Gasteiger partial charge in [-0.2, -0.15) is 0 Å². The molecule has 9 heteroatoms. The van der Waals surface area contributed by atoms with Crippen LogP contribution >= 0.6 is 0 Å². The summed E-state index contributed by atoms with van der Waals surface area (Å²) in [6, 6.07) is 19.5. The maximum absolute atomic E-state index is 13.1. The number of nitrogens with zero attached hydrogens (tertiary/aromatic N) is 5. The minimum Gasteiger partial charge on any atom is -0.381 e. The third-order valence-electron chi connectivity index (χ3n) is 8.49. The molecule has 2 amide bonds. The molecule has 0 bridgehead atoms. The molecule has 1 saturated heterocycles. The van der Waals surface area contributed by atoms with Crippen molar-refractivity contribution < 1.29 is 14.3 Å². The Bertz CT molecular complexity index is 1590. The highest BCUT2D eigenvalue weighted by Gasteiger charge is 2.21. The summed E-state index contributed by atoms with van der Waals surface area (Å²) in [5, 5.41) is 3.05. The predicted octanol–water partition coefficient (Wildman–Crippen LogP) is 6.32. The molecule has 0 spiro atoms. The summed E-state index contributed by atoms with van der Waals surface area (Å²) in [6.07, 6.45) is 10.5. The summed E-state index contributed by atoms with van der Waals surface area (Å²) in [6.45, 7) is 9.81. The molecule has 1 fully saturated rings. The lowest BCUT2D eigenvalue weighted by Crippen LogP contribution is -2.48. The minimum absolute atomic E-state index is 0.151. The van der Waals surface area contributed by atoms with E-state index in [-0.39, 0.29) is 11.8 Å².